The predicted octanol–water partition coefficient (Wildman–Crippen LogP) is 5.18. The van der Waals surface area contributed by atoms with E-state index in [1.54, 1.807) is 30.3 Å². The average Bonchev–Trinajstić information content (AvgIpc) is 2.47. The van der Waals surface area contributed by atoms with Crippen molar-refractivity contribution >= 4 is 33.9 Å². The second-order valence-corrected chi connectivity index (χ2v) is 5.60. The molecule has 0 fully saturated rings. The highest BCUT2D eigenvalue weighted by Gasteiger charge is 2.16. The maximum Gasteiger partial charge on any atom is 0.368 e. The molecule has 0 saturated heterocycles. The number of hydrogen-bond acceptors (Lipinski definition) is 5. The Morgan fingerprint density at radius 2 is 1.87 bits per heavy atom. The Balaban J connectivity index is 2.19. The molecular formula is C17H13ClN2O3. The topological polar surface area (TPSA) is 75.2 Å². The Morgan fingerprint density at radius 1 is 1.13 bits per heavy atom. The van der Waals surface area contributed by atoms with Gasteiger partial charge in [0.15, 0.2) is 5.75 Å². The number of hydrogen-bond donors (Lipinski definition) is 1. The van der Waals surface area contributed by atoms with E-state index in [0.717, 1.165) is 11.1 Å². The number of aryl methyl sites for hydroxylation is 2. The van der Waals surface area contributed by atoms with E-state index in [1.807, 2.05) is 19.9 Å². The number of nitrogens with zero attached hydrogens (tertiary/aromatic N) is 2. The third-order valence-corrected chi connectivity index (χ3v) is 3.73. The molecule has 0 aliphatic rings. The SMILES string of the molecule is Cc1cc(C)c2c(O)c(N=Nc3ccccc3Cl)c(=O)oc2c1. The van der Waals surface area contributed by atoms with Gasteiger partial charge in [-0.05, 0) is 43.2 Å². The lowest BCUT2D eigenvalue weighted by atomic mass is 10.1. The van der Waals surface area contributed by atoms with Crippen LogP contribution in [0.4, 0.5) is 11.4 Å². The molecule has 0 spiro atoms. The Hall–Kier alpha value is -2.66. The first kappa shape index (κ1) is 15.2. The summed E-state index contributed by atoms with van der Waals surface area (Å²) in [5.41, 5.74) is 1.44. The summed E-state index contributed by atoms with van der Waals surface area (Å²) in [5, 5.41) is 19.0. The number of aromatic hydroxyl groups is 1. The highest BCUT2D eigenvalue weighted by Crippen LogP contribution is 2.35. The van der Waals surface area contributed by atoms with E-state index in [9.17, 15) is 9.90 Å². The lowest BCUT2D eigenvalue weighted by molar-refractivity contribution is 0.469. The molecule has 0 unspecified atom stereocenters. The van der Waals surface area contributed by atoms with Crippen LogP contribution >= 0.6 is 11.6 Å². The lowest BCUT2D eigenvalue weighted by Gasteiger charge is -2.06. The van der Waals surface area contributed by atoms with Gasteiger partial charge in [0.25, 0.3) is 0 Å². The molecule has 3 rings (SSSR count). The molecule has 23 heavy (non-hydrogen) atoms. The van der Waals surface area contributed by atoms with E-state index in [1.165, 1.54) is 0 Å². The molecule has 0 aliphatic carbocycles. The Morgan fingerprint density at radius 3 is 2.61 bits per heavy atom. The summed E-state index contributed by atoms with van der Waals surface area (Å²) in [7, 11) is 0. The number of azo groups is 1. The van der Waals surface area contributed by atoms with Crippen LogP contribution in [-0.4, -0.2) is 5.11 Å². The van der Waals surface area contributed by atoms with Crippen LogP contribution in [0.3, 0.4) is 0 Å². The van der Waals surface area contributed by atoms with E-state index in [-0.39, 0.29) is 11.4 Å². The van der Waals surface area contributed by atoms with Gasteiger partial charge in [0, 0.05) is 0 Å². The molecule has 0 atom stereocenters. The largest absolute Gasteiger partial charge is 0.505 e. The molecule has 116 valence electrons. The van der Waals surface area contributed by atoms with Gasteiger partial charge in [-0.2, -0.15) is 0 Å². The van der Waals surface area contributed by atoms with Crippen molar-refractivity contribution in [3.63, 3.8) is 0 Å². The fourth-order valence-corrected chi connectivity index (χ4v) is 2.57. The summed E-state index contributed by atoms with van der Waals surface area (Å²) < 4.78 is 5.25. The van der Waals surface area contributed by atoms with Crippen LogP contribution in [0.25, 0.3) is 11.0 Å². The minimum atomic E-state index is -0.754. The van der Waals surface area contributed by atoms with Gasteiger partial charge in [-0.25, -0.2) is 4.79 Å². The molecule has 1 N–H and O–H groups in total. The summed E-state index contributed by atoms with van der Waals surface area (Å²) in [4.78, 5) is 12.1. The summed E-state index contributed by atoms with van der Waals surface area (Å²) in [5.74, 6) is -0.246. The third kappa shape index (κ3) is 2.83. The zero-order valence-corrected chi connectivity index (χ0v) is 13.3. The molecule has 0 saturated carbocycles. The highest BCUT2D eigenvalue weighted by atomic mass is 35.5. The summed E-state index contributed by atoms with van der Waals surface area (Å²) >= 11 is 5.99. The molecule has 2 aromatic carbocycles. The van der Waals surface area contributed by atoms with E-state index >= 15 is 0 Å². The van der Waals surface area contributed by atoms with Gasteiger partial charge in [-0.15, -0.1) is 10.2 Å². The molecule has 1 heterocycles. The Labute approximate surface area is 136 Å². The lowest BCUT2D eigenvalue weighted by Crippen LogP contribution is -1.99. The molecule has 6 heteroatoms. The second kappa shape index (κ2) is 5.85. The van der Waals surface area contributed by atoms with Gasteiger partial charge in [0.1, 0.15) is 11.3 Å². The molecule has 0 amide bonds. The maximum absolute atomic E-state index is 12.1. The number of benzene rings is 2. The first-order chi connectivity index (χ1) is 11.0. The molecule has 0 radical (unpaired) electrons. The standard InChI is InChI=1S/C17H13ClN2O3/c1-9-7-10(2)14-13(8-9)23-17(22)15(16(14)21)20-19-12-6-4-3-5-11(12)18/h3-8,21H,1-2H3. The molecule has 0 bridgehead atoms. The van der Waals surface area contributed by atoms with Crippen molar-refractivity contribution in [2.24, 2.45) is 10.2 Å². The van der Waals surface area contributed by atoms with E-state index in [2.05, 4.69) is 10.2 Å². The van der Waals surface area contributed by atoms with Gasteiger partial charge in [0.05, 0.1) is 10.4 Å². The summed E-state index contributed by atoms with van der Waals surface area (Å²) in [6.07, 6.45) is 0. The Kier molecular flexibility index (Phi) is 3.88. The summed E-state index contributed by atoms with van der Waals surface area (Å²) in [6, 6.07) is 10.4. The van der Waals surface area contributed by atoms with Crippen molar-refractivity contribution < 1.29 is 9.52 Å². The van der Waals surface area contributed by atoms with Crippen LogP contribution in [-0.2, 0) is 0 Å². The summed E-state index contributed by atoms with van der Waals surface area (Å²) in [6.45, 7) is 3.71. The van der Waals surface area contributed by atoms with Crippen molar-refractivity contribution in [2.45, 2.75) is 13.8 Å². The van der Waals surface area contributed by atoms with Crippen molar-refractivity contribution in [3.8, 4) is 5.75 Å². The minimum Gasteiger partial charge on any atom is -0.505 e. The smallest absolute Gasteiger partial charge is 0.368 e. The molecule has 5 nitrogen and oxygen atoms in total. The monoisotopic (exact) mass is 328 g/mol. The first-order valence-electron chi connectivity index (χ1n) is 6.90. The van der Waals surface area contributed by atoms with Crippen LogP contribution in [0.5, 0.6) is 5.75 Å². The van der Waals surface area contributed by atoms with Crippen LogP contribution in [0.2, 0.25) is 5.02 Å². The number of halogens is 1. The Bertz CT molecular complexity index is 993. The van der Waals surface area contributed by atoms with Gasteiger partial charge in [-0.1, -0.05) is 29.8 Å². The maximum atomic E-state index is 12.1. The van der Waals surface area contributed by atoms with Gasteiger partial charge in [0.2, 0.25) is 5.69 Å². The van der Waals surface area contributed by atoms with Crippen molar-refractivity contribution in [1.29, 1.82) is 0 Å². The fourth-order valence-electron chi connectivity index (χ4n) is 2.40. The molecular weight excluding hydrogens is 316 g/mol. The molecule has 1 aromatic heterocycles. The van der Waals surface area contributed by atoms with Crippen LogP contribution in [0.1, 0.15) is 11.1 Å². The quantitative estimate of drug-likeness (QED) is 0.520. The van der Waals surface area contributed by atoms with Crippen LogP contribution < -0.4 is 5.63 Å². The zero-order chi connectivity index (χ0) is 16.6. The van der Waals surface area contributed by atoms with Gasteiger partial charge >= 0.3 is 5.63 Å². The van der Waals surface area contributed by atoms with E-state index in [4.69, 9.17) is 16.0 Å². The predicted molar refractivity (Wildman–Crippen MR) is 89.3 cm³/mol. The van der Waals surface area contributed by atoms with Crippen molar-refractivity contribution in [2.75, 3.05) is 0 Å². The van der Waals surface area contributed by atoms with Crippen molar-refractivity contribution in [3.05, 3.63) is 63.0 Å². The normalized spacial score (nSPS) is 11.4. The van der Waals surface area contributed by atoms with Crippen molar-refractivity contribution in [1.82, 2.24) is 0 Å². The first-order valence-corrected chi connectivity index (χ1v) is 7.28. The highest BCUT2D eigenvalue weighted by molar-refractivity contribution is 6.32. The number of fused-ring (bicyclic) bond motifs is 1. The molecule has 0 aliphatic heterocycles. The van der Waals surface area contributed by atoms with E-state index in [0.29, 0.717) is 21.7 Å². The molecule has 3 aromatic rings. The second-order valence-electron chi connectivity index (χ2n) is 5.19. The average molecular weight is 329 g/mol. The van der Waals surface area contributed by atoms with Gasteiger partial charge in [-0.3, -0.25) is 0 Å². The third-order valence-electron chi connectivity index (χ3n) is 3.41. The number of rotatable bonds is 2. The fraction of sp³-hybridized carbons (Fsp3) is 0.118. The van der Waals surface area contributed by atoms with Crippen LogP contribution in [0, 0.1) is 13.8 Å². The minimum absolute atomic E-state index is 0.246. The van der Waals surface area contributed by atoms with E-state index < -0.39 is 5.63 Å². The van der Waals surface area contributed by atoms with Crippen LogP contribution in [0.15, 0.2) is 55.8 Å². The van der Waals surface area contributed by atoms with Gasteiger partial charge < -0.3 is 9.52 Å². The zero-order valence-electron chi connectivity index (χ0n) is 12.5.